The molecular formula is C10H12INO3. The van der Waals surface area contributed by atoms with Crippen LogP contribution >= 0.6 is 22.6 Å². The second-order valence-electron chi connectivity index (χ2n) is 2.82. The Morgan fingerprint density at radius 3 is 2.87 bits per heavy atom. The number of nitrogens with two attached hydrogens (primary N) is 1. The highest BCUT2D eigenvalue weighted by Crippen LogP contribution is 2.21. The number of hydrogen-bond donors (Lipinski definition) is 1. The molecule has 1 aromatic rings. The van der Waals surface area contributed by atoms with Gasteiger partial charge < -0.3 is 15.2 Å². The van der Waals surface area contributed by atoms with Crippen LogP contribution in [0.15, 0.2) is 18.2 Å². The molecule has 5 heteroatoms. The molecule has 0 aliphatic heterocycles. The fourth-order valence-corrected chi connectivity index (χ4v) is 1.52. The molecule has 0 fully saturated rings. The third-order valence-electron chi connectivity index (χ3n) is 1.80. The van der Waals surface area contributed by atoms with Gasteiger partial charge in [0.25, 0.3) is 0 Å². The quantitative estimate of drug-likeness (QED) is 0.671. The largest absolute Gasteiger partial charge is 0.496 e. The van der Waals surface area contributed by atoms with Crippen LogP contribution in [0.25, 0.3) is 0 Å². The Hall–Kier alpha value is -0.820. The summed E-state index contributed by atoms with van der Waals surface area (Å²) in [5.74, 6) is 0.294. The van der Waals surface area contributed by atoms with Gasteiger partial charge in [-0.1, -0.05) is 6.07 Å². The standard InChI is InChI=1S/C10H12INO3/c1-14-9-4-8(11)3-2-7(9)6-15-10(13)5-12/h2-4H,5-6,12H2,1H3. The fraction of sp³-hybridized carbons (Fsp3) is 0.300. The van der Waals surface area contributed by atoms with Crippen molar-refractivity contribution in [1.29, 1.82) is 0 Å². The first-order valence-corrected chi connectivity index (χ1v) is 5.43. The highest BCUT2D eigenvalue weighted by Gasteiger charge is 2.06. The van der Waals surface area contributed by atoms with E-state index in [1.165, 1.54) is 0 Å². The van der Waals surface area contributed by atoms with Gasteiger partial charge in [0.1, 0.15) is 12.4 Å². The Labute approximate surface area is 102 Å². The summed E-state index contributed by atoms with van der Waals surface area (Å²) in [5.41, 5.74) is 5.96. The molecule has 0 aromatic heterocycles. The van der Waals surface area contributed by atoms with Gasteiger partial charge in [0, 0.05) is 9.13 Å². The van der Waals surface area contributed by atoms with Gasteiger partial charge in [-0.05, 0) is 34.7 Å². The number of esters is 1. The first kappa shape index (κ1) is 12.3. The Morgan fingerprint density at radius 2 is 2.27 bits per heavy atom. The molecule has 0 aliphatic rings. The second kappa shape index (κ2) is 5.92. The van der Waals surface area contributed by atoms with Gasteiger partial charge in [-0.15, -0.1) is 0 Å². The van der Waals surface area contributed by atoms with Gasteiger partial charge >= 0.3 is 5.97 Å². The number of halogens is 1. The normalized spacial score (nSPS) is 9.80. The first-order valence-electron chi connectivity index (χ1n) is 4.35. The van der Waals surface area contributed by atoms with Crippen LogP contribution in [0.1, 0.15) is 5.56 Å². The number of carbonyl (C=O) groups is 1. The van der Waals surface area contributed by atoms with E-state index >= 15 is 0 Å². The van der Waals surface area contributed by atoms with Gasteiger partial charge in [0.2, 0.25) is 0 Å². The predicted molar refractivity (Wildman–Crippen MR) is 64.6 cm³/mol. The summed E-state index contributed by atoms with van der Waals surface area (Å²) in [4.78, 5) is 10.9. The molecular weight excluding hydrogens is 309 g/mol. The number of benzene rings is 1. The van der Waals surface area contributed by atoms with Crippen molar-refractivity contribution in [2.75, 3.05) is 13.7 Å². The molecule has 0 radical (unpaired) electrons. The van der Waals surface area contributed by atoms with Crippen LogP contribution in [0.4, 0.5) is 0 Å². The minimum Gasteiger partial charge on any atom is -0.496 e. The van der Waals surface area contributed by atoms with E-state index in [-0.39, 0.29) is 13.2 Å². The van der Waals surface area contributed by atoms with Gasteiger partial charge in [0.15, 0.2) is 0 Å². The van der Waals surface area contributed by atoms with E-state index in [2.05, 4.69) is 22.6 Å². The summed E-state index contributed by atoms with van der Waals surface area (Å²) >= 11 is 2.19. The number of methoxy groups -OCH3 is 1. The maximum absolute atomic E-state index is 10.9. The lowest BCUT2D eigenvalue weighted by Gasteiger charge is -2.09. The fourth-order valence-electron chi connectivity index (χ4n) is 1.05. The van der Waals surface area contributed by atoms with Crippen LogP contribution < -0.4 is 10.5 Å². The van der Waals surface area contributed by atoms with E-state index in [9.17, 15) is 4.79 Å². The van der Waals surface area contributed by atoms with Crippen molar-refractivity contribution in [1.82, 2.24) is 0 Å². The van der Waals surface area contributed by atoms with Gasteiger partial charge in [-0.2, -0.15) is 0 Å². The molecule has 0 unspecified atom stereocenters. The third-order valence-corrected chi connectivity index (χ3v) is 2.48. The van der Waals surface area contributed by atoms with Crippen molar-refractivity contribution in [3.05, 3.63) is 27.3 Å². The van der Waals surface area contributed by atoms with Crippen LogP contribution in [0, 0.1) is 3.57 Å². The number of hydrogen-bond acceptors (Lipinski definition) is 4. The molecule has 0 spiro atoms. The zero-order valence-electron chi connectivity index (χ0n) is 8.33. The van der Waals surface area contributed by atoms with E-state index in [1.807, 2.05) is 18.2 Å². The summed E-state index contributed by atoms with van der Waals surface area (Å²) in [6.07, 6.45) is 0. The van der Waals surface area contributed by atoms with Crippen molar-refractivity contribution >= 4 is 28.6 Å². The molecule has 0 saturated heterocycles. The summed E-state index contributed by atoms with van der Waals surface area (Å²) < 4.78 is 11.1. The molecule has 82 valence electrons. The van der Waals surface area contributed by atoms with E-state index in [0.29, 0.717) is 5.75 Å². The van der Waals surface area contributed by atoms with Crippen molar-refractivity contribution in [2.24, 2.45) is 5.73 Å². The summed E-state index contributed by atoms with van der Waals surface area (Å²) in [5, 5.41) is 0. The molecule has 1 rings (SSSR count). The average Bonchev–Trinajstić information content (AvgIpc) is 2.26. The van der Waals surface area contributed by atoms with Gasteiger partial charge in [0.05, 0.1) is 13.7 Å². The smallest absolute Gasteiger partial charge is 0.320 e. The van der Waals surface area contributed by atoms with Crippen molar-refractivity contribution < 1.29 is 14.3 Å². The van der Waals surface area contributed by atoms with E-state index in [1.54, 1.807) is 7.11 Å². The molecule has 0 saturated carbocycles. The monoisotopic (exact) mass is 321 g/mol. The van der Waals surface area contributed by atoms with Crippen molar-refractivity contribution in [2.45, 2.75) is 6.61 Å². The van der Waals surface area contributed by atoms with Crippen LogP contribution in [-0.2, 0) is 16.1 Å². The number of ether oxygens (including phenoxy) is 2. The Kier molecular flexibility index (Phi) is 4.83. The van der Waals surface area contributed by atoms with E-state index in [4.69, 9.17) is 15.2 Å². The maximum atomic E-state index is 10.9. The Balaban J connectivity index is 2.72. The summed E-state index contributed by atoms with van der Waals surface area (Å²) in [6, 6.07) is 5.67. The first-order chi connectivity index (χ1) is 7.17. The highest BCUT2D eigenvalue weighted by atomic mass is 127. The molecule has 0 bridgehead atoms. The molecule has 2 N–H and O–H groups in total. The lowest BCUT2D eigenvalue weighted by molar-refractivity contribution is -0.143. The van der Waals surface area contributed by atoms with Crippen LogP contribution in [-0.4, -0.2) is 19.6 Å². The number of rotatable bonds is 4. The highest BCUT2D eigenvalue weighted by molar-refractivity contribution is 14.1. The average molecular weight is 321 g/mol. The molecule has 0 aliphatic carbocycles. The number of carbonyl (C=O) groups excluding carboxylic acids is 1. The summed E-state index contributed by atoms with van der Waals surface area (Å²) in [7, 11) is 1.58. The third kappa shape index (κ3) is 3.67. The molecule has 0 amide bonds. The zero-order chi connectivity index (χ0) is 11.3. The maximum Gasteiger partial charge on any atom is 0.320 e. The molecule has 1 aromatic carbocycles. The minimum atomic E-state index is -0.421. The SMILES string of the molecule is COc1cc(I)ccc1COC(=O)CN. The van der Waals surface area contributed by atoms with E-state index < -0.39 is 5.97 Å². The van der Waals surface area contributed by atoms with Gasteiger partial charge in [-0.3, -0.25) is 4.79 Å². The topological polar surface area (TPSA) is 61.5 Å². The lowest BCUT2D eigenvalue weighted by Crippen LogP contribution is -2.16. The van der Waals surface area contributed by atoms with Crippen LogP contribution in [0.5, 0.6) is 5.75 Å². The lowest BCUT2D eigenvalue weighted by atomic mass is 10.2. The molecule has 0 atom stereocenters. The Morgan fingerprint density at radius 1 is 1.53 bits per heavy atom. The van der Waals surface area contributed by atoms with Crippen molar-refractivity contribution in [3.8, 4) is 5.75 Å². The molecule has 15 heavy (non-hydrogen) atoms. The zero-order valence-corrected chi connectivity index (χ0v) is 10.5. The summed E-state index contributed by atoms with van der Waals surface area (Å²) in [6.45, 7) is 0.0861. The van der Waals surface area contributed by atoms with Crippen molar-refractivity contribution in [3.63, 3.8) is 0 Å². The van der Waals surface area contributed by atoms with Crippen LogP contribution in [0.2, 0.25) is 0 Å². The second-order valence-corrected chi connectivity index (χ2v) is 4.07. The van der Waals surface area contributed by atoms with E-state index in [0.717, 1.165) is 9.13 Å². The predicted octanol–water partition coefficient (Wildman–Crippen LogP) is 1.30. The Bertz CT molecular complexity index is 355. The molecule has 4 nitrogen and oxygen atoms in total. The minimum absolute atomic E-state index is 0.104. The van der Waals surface area contributed by atoms with Gasteiger partial charge in [-0.25, -0.2) is 0 Å². The van der Waals surface area contributed by atoms with Crippen LogP contribution in [0.3, 0.4) is 0 Å². The molecule has 0 heterocycles.